The molecule has 0 spiro atoms. The van der Waals surface area contributed by atoms with Crippen LogP contribution in [0.25, 0.3) is 0 Å². The number of halogens is 1. The van der Waals surface area contributed by atoms with Gasteiger partial charge in [-0.05, 0) is 47.8 Å². The summed E-state index contributed by atoms with van der Waals surface area (Å²) < 4.78 is 1.23. The van der Waals surface area contributed by atoms with Crippen LogP contribution in [0.5, 0.6) is 0 Å². The van der Waals surface area contributed by atoms with Crippen molar-refractivity contribution in [2.45, 2.75) is 51.6 Å². The van der Waals surface area contributed by atoms with Gasteiger partial charge in [0.1, 0.15) is 0 Å². The molecular formula is C13H20BrNS. The number of rotatable bonds is 3. The minimum absolute atomic E-state index is 0.809. The van der Waals surface area contributed by atoms with Crippen LogP contribution in [0.2, 0.25) is 0 Å². The van der Waals surface area contributed by atoms with E-state index in [0.29, 0.717) is 0 Å². The normalized spacial score (nSPS) is 23.2. The van der Waals surface area contributed by atoms with Gasteiger partial charge in [-0.2, -0.15) is 0 Å². The third kappa shape index (κ3) is 3.31. The predicted molar refractivity (Wildman–Crippen MR) is 75.0 cm³/mol. The Balaban J connectivity index is 1.99. The highest BCUT2D eigenvalue weighted by Gasteiger charge is 2.19. The van der Waals surface area contributed by atoms with E-state index >= 15 is 0 Å². The molecule has 0 aromatic carbocycles. The molecule has 0 amide bonds. The third-order valence-electron chi connectivity index (χ3n) is 3.45. The molecule has 1 atom stereocenters. The summed E-state index contributed by atoms with van der Waals surface area (Å²) in [5.41, 5.74) is 0. The van der Waals surface area contributed by atoms with E-state index in [1.54, 1.807) is 0 Å². The van der Waals surface area contributed by atoms with Gasteiger partial charge in [-0.25, -0.2) is 0 Å². The van der Waals surface area contributed by atoms with E-state index in [9.17, 15) is 0 Å². The molecule has 1 aliphatic heterocycles. The Labute approximate surface area is 111 Å². The van der Waals surface area contributed by atoms with Gasteiger partial charge in [-0.15, -0.1) is 11.3 Å². The smallest absolute Gasteiger partial charge is 0.0331 e. The zero-order valence-electron chi connectivity index (χ0n) is 9.92. The summed E-state index contributed by atoms with van der Waals surface area (Å²) in [6.45, 7) is 4.76. The van der Waals surface area contributed by atoms with Gasteiger partial charge in [-0.1, -0.05) is 19.8 Å². The molecule has 1 aromatic rings. The molecule has 1 nitrogen and oxygen atoms in total. The van der Waals surface area contributed by atoms with Gasteiger partial charge in [-0.3, -0.25) is 4.90 Å². The van der Waals surface area contributed by atoms with Gasteiger partial charge in [0.15, 0.2) is 0 Å². The molecule has 1 aliphatic rings. The van der Waals surface area contributed by atoms with Crippen molar-refractivity contribution >= 4 is 27.3 Å². The number of hydrogen-bond acceptors (Lipinski definition) is 2. The molecule has 1 unspecified atom stereocenters. The first-order valence-corrected chi connectivity index (χ1v) is 7.94. The minimum atomic E-state index is 0.809. The monoisotopic (exact) mass is 301 g/mol. The summed E-state index contributed by atoms with van der Waals surface area (Å²) >= 11 is 5.41. The fourth-order valence-electron chi connectivity index (χ4n) is 2.54. The van der Waals surface area contributed by atoms with E-state index in [0.717, 1.165) is 12.6 Å². The molecule has 0 aliphatic carbocycles. The standard InChI is InChI=1S/C13H20BrNS/c1-2-12-6-4-3-5-7-15(12)9-13-8-11(14)10-16-13/h8,10,12H,2-7,9H2,1H3. The van der Waals surface area contributed by atoms with Crippen LogP contribution < -0.4 is 0 Å². The number of likely N-dealkylation sites (tertiary alicyclic amines) is 1. The highest BCUT2D eigenvalue weighted by atomic mass is 79.9. The Hall–Kier alpha value is 0.140. The van der Waals surface area contributed by atoms with Crippen LogP contribution in [0.3, 0.4) is 0 Å². The first kappa shape index (κ1) is 12.6. The first-order chi connectivity index (χ1) is 7.79. The molecule has 1 aromatic heterocycles. The molecule has 1 fully saturated rings. The second-order valence-electron chi connectivity index (χ2n) is 4.61. The summed E-state index contributed by atoms with van der Waals surface area (Å²) in [6.07, 6.45) is 6.91. The van der Waals surface area contributed by atoms with E-state index in [1.165, 1.54) is 48.0 Å². The fraction of sp³-hybridized carbons (Fsp3) is 0.692. The topological polar surface area (TPSA) is 3.24 Å². The zero-order chi connectivity index (χ0) is 11.4. The maximum atomic E-state index is 3.54. The maximum Gasteiger partial charge on any atom is 0.0331 e. The third-order valence-corrected chi connectivity index (χ3v) is 5.13. The molecular weight excluding hydrogens is 282 g/mol. The quantitative estimate of drug-likeness (QED) is 0.784. The lowest BCUT2D eigenvalue weighted by Gasteiger charge is -2.28. The van der Waals surface area contributed by atoms with Crippen molar-refractivity contribution in [2.24, 2.45) is 0 Å². The Morgan fingerprint density at radius 3 is 3.00 bits per heavy atom. The highest BCUT2D eigenvalue weighted by molar-refractivity contribution is 9.10. The van der Waals surface area contributed by atoms with Crippen molar-refractivity contribution in [3.63, 3.8) is 0 Å². The average Bonchev–Trinajstić information content (AvgIpc) is 2.56. The van der Waals surface area contributed by atoms with Crippen molar-refractivity contribution in [1.82, 2.24) is 4.90 Å². The van der Waals surface area contributed by atoms with Crippen LogP contribution in [0.15, 0.2) is 15.9 Å². The summed E-state index contributed by atoms with van der Waals surface area (Å²) in [7, 11) is 0. The summed E-state index contributed by atoms with van der Waals surface area (Å²) in [5, 5.41) is 2.19. The molecule has 3 heteroatoms. The fourth-order valence-corrected chi connectivity index (χ4v) is 4.02. The van der Waals surface area contributed by atoms with Crippen molar-refractivity contribution < 1.29 is 0 Å². The van der Waals surface area contributed by atoms with E-state index in [4.69, 9.17) is 0 Å². The first-order valence-electron chi connectivity index (χ1n) is 6.26. The molecule has 90 valence electrons. The van der Waals surface area contributed by atoms with Crippen LogP contribution in [0.1, 0.15) is 43.9 Å². The molecule has 16 heavy (non-hydrogen) atoms. The molecule has 0 N–H and O–H groups in total. The Kier molecular flexibility index (Phi) is 4.86. The Morgan fingerprint density at radius 2 is 2.31 bits per heavy atom. The number of hydrogen-bond donors (Lipinski definition) is 0. The molecule has 2 heterocycles. The lowest BCUT2D eigenvalue weighted by molar-refractivity contribution is 0.188. The van der Waals surface area contributed by atoms with Crippen molar-refractivity contribution in [2.75, 3.05) is 6.54 Å². The summed E-state index contributed by atoms with van der Waals surface area (Å²) in [6, 6.07) is 3.07. The summed E-state index contributed by atoms with van der Waals surface area (Å²) in [5.74, 6) is 0. The predicted octanol–water partition coefficient (Wildman–Crippen LogP) is 4.67. The van der Waals surface area contributed by atoms with Gasteiger partial charge >= 0.3 is 0 Å². The number of thiophene rings is 1. The van der Waals surface area contributed by atoms with Crippen LogP contribution in [0.4, 0.5) is 0 Å². The van der Waals surface area contributed by atoms with E-state index in [1.807, 2.05) is 11.3 Å². The lowest BCUT2D eigenvalue weighted by Crippen LogP contribution is -2.33. The highest BCUT2D eigenvalue weighted by Crippen LogP contribution is 2.25. The van der Waals surface area contributed by atoms with Gasteiger partial charge in [0, 0.05) is 27.3 Å². The SMILES string of the molecule is CCC1CCCCCN1Cc1cc(Br)cs1. The maximum absolute atomic E-state index is 3.54. The summed E-state index contributed by atoms with van der Waals surface area (Å²) in [4.78, 5) is 4.18. The number of nitrogens with zero attached hydrogens (tertiary/aromatic N) is 1. The van der Waals surface area contributed by atoms with Crippen LogP contribution in [-0.2, 0) is 6.54 Å². The average molecular weight is 302 g/mol. The second-order valence-corrected chi connectivity index (χ2v) is 6.52. The van der Waals surface area contributed by atoms with E-state index in [-0.39, 0.29) is 0 Å². The van der Waals surface area contributed by atoms with Crippen molar-refractivity contribution in [3.8, 4) is 0 Å². The van der Waals surface area contributed by atoms with Gasteiger partial charge < -0.3 is 0 Å². The van der Waals surface area contributed by atoms with E-state index in [2.05, 4.69) is 39.2 Å². The molecule has 1 saturated heterocycles. The molecule has 2 rings (SSSR count). The van der Waals surface area contributed by atoms with Crippen molar-refractivity contribution in [1.29, 1.82) is 0 Å². The molecule has 0 saturated carbocycles. The lowest BCUT2D eigenvalue weighted by atomic mass is 10.1. The minimum Gasteiger partial charge on any atom is -0.295 e. The van der Waals surface area contributed by atoms with Crippen LogP contribution >= 0.6 is 27.3 Å². The van der Waals surface area contributed by atoms with E-state index < -0.39 is 0 Å². The molecule has 0 radical (unpaired) electrons. The Bertz CT molecular complexity index is 323. The molecule has 0 bridgehead atoms. The van der Waals surface area contributed by atoms with Crippen LogP contribution in [-0.4, -0.2) is 17.5 Å². The van der Waals surface area contributed by atoms with Crippen molar-refractivity contribution in [3.05, 3.63) is 20.8 Å². The largest absolute Gasteiger partial charge is 0.295 e. The van der Waals surface area contributed by atoms with Gasteiger partial charge in [0.2, 0.25) is 0 Å². The zero-order valence-corrected chi connectivity index (χ0v) is 12.3. The van der Waals surface area contributed by atoms with Gasteiger partial charge in [0.25, 0.3) is 0 Å². The Morgan fingerprint density at radius 1 is 1.44 bits per heavy atom. The second kappa shape index (κ2) is 6.18. The van der Waals surface area contributed by atoms with Crippen LogP contribution in [0, 0.1) is 0 Å². The van der Waals surface area contributed by atoms with Gasteiger partial charge in [0.05, 0.1) is 0 Å².